The molecule has 0 spiro atoms. The number of amides is 1. The van der Waals surface area contributed by atoms with Crippen molar-refractivity contribution in [2.45, 2.75) is 45.2 Å². The third-order valence-corrected chi connectivity index (χ3v) is 4.02. The van der Waals surface area contributed by atoms with Crippen molar-refractivity contribution in [3.05, 3.63) is 0 Å². The van der Waals surface area contributed by atoms with E-state index >= 15 is 0 Å². The molecule has 0 aromatic heterocycles. The van der Waals surface area contributed by atoms with Crippen LogP contribution < -0.4 is 5.32 Å². The summed E-state index contributed by atoms with van der Waals surface area (Å²) in [5, 5.41) is 12.1. The molecule has 94 valence electrons. The van der Waals surface area contributed by atoms with Crippen molar-refractivity contribution in [3.63, 3.8) is 0 Å². The lowest BCUT2D eigenvalue weighted by Gasteiger charge is -2.23. The average Bonchev–Trinajstić information content (AvgIpc) is 2.83. The molecule has 4 nitrogen and oxygen atoms in total. The number of hydrogen-bond acceptors (Lipinski definition) is 3. The standard InChI is InChI=1S/C13H21N3O/c1-9(2)10(8-14)13(17)15-11-5-7-16-6-3-4-12(11)16/h9-12H,3-7H2,1-2H3,(H,15,17). The molecule has 4 heteroatoms. The van der Waals surface area contributed by atoms with Gasteiger partial charge in [0.15, 0.2) is 0 Å². The molecular formula is C13H21N3O. The predicted octanol–water partition coefficient (Wildman–Crippen LogP) is 1.14. The van der Waals surface area contributed by atoms with Gasteiger partial charge >= 0.3 is 0 Å². The van der Waals surface area contributed by atoms with Gasteiger partial charge in [0.25, 0.3) is 0 Å². The highest BCUT2D eigenvalue weighted by molar-refractivity contribution is 5.81. The van der Waals surface area contributed by atoms with Crippen molar-refractivity contribution in [2.75, 3.05) is 13.1 Å². The first-order valence-corrected chi connectivity index (χ1v) is 6.57. The first-order chi connectivity index (χ1) is 8.13. The Balaban J connectivity index is 1.93. The van der Waals surface area contributed by atoms with E-state index in [2.05, 4.69) is 16.3 Å². The number of carbonyl (C=O) groups excluding carboxylic acids is 1. The van der Waals surface area contributed by atoms with E-state index in [0.29, 0.717) is 6.04 Å². The number of hydrogen-bond donors (Lipinski definition) is 1. The Morgan fingerprint density at radius 1 is 1.41 bits per heavy atom. The zero-order valence-electron chi connectivity index (χ0n) is 10.6. The van der Waals surface area contributed by atoms with Gasteiger partial charge < -0.3 is 5.32 Å². The van der Waals surface area contributed by atoms with Crippen LogP contribution in [0, 0.1) is 23.2 Å². The number of nitrogens with one attached hydrogen (secondary N) is 1. The molecule has 17 heavy (non-hydrogen) atoms. The lowest BCUT2D eigenvalue weighted by Crippen LogP contribution is -2.45. The van der Waals surface area contributed by atoms with Gasteiger partial charge in [-0.05, 0) is 31.7 Å². The molecule has 0 radical (unpaired) electrons. The van der Waals surface area contributed by atoms with Crippen molar-refractivity contribution in [2.24, 2.45) is 11.8 Å². The van der Waals surface area contributed by atoms with E-state index in [1.54, 1.807) is 0 Å². The Bertz CT molecular complexity index is 334. The molecule has 2 aliphatic heterocycles. The summed E-state index contributed by atoms with van der Waals surface area (Å²) in [7, 11) is 0. The fraction of sp³-hybridized carbons (Fsp3) is 0.846. The Morgan fingerprint density at radius 3 is 2.82 bits per heavy atom. The molecule has 2 heterocycles. The summed E-state index contributed by atoms with van der Waals surface area (Å²) in [4.78, 5) is 14.5. The van der Waals surface area contributed by atoms with E-state index in [1.807, 2.05) is 13.8 Å². The number of rotatable bonds is 3. The average molecular weight is 235 g/mol. The fourth-order valence-corrected chi connectivity index (χ4v) is 3.03. The van der Waals surface area contributed by atoms with Gasteiger partial charge in [-0.25, -0.2) is 0 Å². The van der Waals surface area contributed by atoms with Crippen molar-refractivity contribution in [3.8, 4) is 6.07 Å². The predicted molar refractivity (Wildman–Crippen MR) is 65.1 cm³/mol. The third kappa shape index (κ3) is 2.44. The minimum absolute atomic E-state index is 0.0822. The molecular weight excluding hydrogens is 214 g/mol. The van der Waals surface area contributed by atoms with Crippen LogP contribution in [0.4, 0.5) is 0 Å². The monoisotopic (exact) mass is 235 g/mol. The highest BCUT2D eigenvalue weighted by atomic mass is 16.2. The van der Waals surface area contributed by atoms with Gasteiger partial charge in [-0.3, -0.25) is 9.69 Å². The minimum Gasteiger partial charge on any atom is -0.351 e. The lowest BCUT2D eigenvalue weighted by molar-refractivity contribution is -0.125. The van der Waals surface area contributed by atoms with E-state index in [4.69, 9.17) is 5.26 Å². The highest BCUT2D eigenvalue weighted by Crippen LogP contribution is 2.28. The van der Waals surface area contributed by atoms with E-state index in [1.165, 1.54) is 19.4 Å². The van der Waals surface area contributed by atoms with Gasteiger partial charge in [-0.2, -0.15) is 5.26 Å². The van der Waals surface area contributed by atoms with Crippen LogP contribution in [-0.4, -0.2) is 36.0 Å². The van der Waals surface area contributed by atoms with Crippen LogP contribution in [0.5, 0.6) is 0 Å². The summed E-state index contributed by atoms with van der Waals surface area (Å²) in [6.07, 6.45) is 3.46. The third-order valence-electron chi connectivity index (χ3n) is 4.02. The maximum Gasteiger partial charge on any atom is 0.237 e. The molecule has 0 aromatic rings. The fourth-order valence-electron chi connectivity index (χ4n) is 3.03. The zero-order valence-corrected chi connectivity index (χ0v) is 10.6. The minimum atomic E-state index is -0.509. The lowest BCUT2D eigenvalue weighted by atomic mass is 9.95. The van der Waals surface area contributed by atoms with E-state index < -0.39 is 5.92 Å². The van der Waals surface area contributed by atoms with Crippen LogP contribution >= 0.6 is 0 Å². The molecule has 2 aliphatic rings. The molecule has 0 bridgehead atoms. The van der Waals surface area contributed by atoms with Crippen LogP contribution in [0.2, 0.25) is 0 Å². The quantitative estimate of drug-likeness (QED) is 0.798. The van der Waals surface area contributed by atoms with Crippen molar-refractivity contribution < 1.29 is 4.79 Å². The second-order valence-corrected chi connectivity index (χ2v) is 5.50. The summed E-state index contributed by atoms with van der Waals surface area (Å²) in [5.74, 6) is -0.507. The van der Waals surface area contributed by atoms with Crippen LogP contribution in [0.3, 0.4) is 0 Å². The van der Waals surface area contributed by atoms with Gasteiger partial charge in [-0.1, -0.05) is 13.8 Å². The summed E-state index contributed by atoms with van der Waals surface area (Å²) < 4.78 is 0. The second kappa shape index (κ2) is 5.05. The summed E-state index contributed by atoms with van der Waals surface area (Å²) in [5.41, 5.74) is 0. The molecule has 3 atom stereocenters. The van der Waals surface area contributed by atoms with Crippen molar-refractivity contribution >= 4 is 5.91 Å². The summed E-state index contributed by atoms with van der Waals surface area (Å²) in [6, 6.07) is 2.89. The maximum absolute atomic E-state index is 12.0. The molecule has 2 fully saturated rings. The van der Waals surface area contributed by atoms with Crippen LogP contribution in [-0.2, 0) is 4.79 Å². The van der Waals surface area contributed by atoms with Gasteiger partial charge in [0.1, 0.15) is 5.92 Å². The van der Waals surface area contributed by atoms with Gasteiger partial charge in [0.2, 0.25) is 5.91 Å². The van der Waals surface area contributed by atoms with E-state index in [-0.39, 0.29) is 17.9 Å². The van der Waals surface area contributed by atoms with Crippen LogP contribution in [0.25, 0.3) is 0 Å². The number of fused-ring (bicyclic) bond motifs is 1. The molecule has 0 saturated carbocycles. The van der Waals surface area contributed by atoms with Gasteiger partial charge in [0, 0.05) is 18.6 Å². The van der Waals surface area contributed by atoms with Crippen LogP contribution in [0.15, 0.2) is 0 Å². The molecule has 1 amide bonds. The van der Waals surface area contributed by atoms with Gasteiger partial charge in [-0.15, -0.1) is 0 Å². The summed E-state index contributed by atoms with van der Waals surface area (Å²) in [6.45, 7) is 6.10. The van der Waals surface area contributed by atoms with E-state index in [0.717, 1.165) is 13.0 Å². The Kier molecular flexibility index (Phi) is 3.68. The molecule has 1 N–H and O–H groups in total. The first-order valence-electron chi connectivity index (χ1n) is 6.57. The maximum atomic E-state index is 12.0. The smallest absolute Gasteiger partial charge is 0.237 e. The highest BCUT2D eigenvalue weighted by Gasteiger charge is 2.38. The summed E-state index contributed by atoms with van der Waals surface area (Å²) >= 11 is 0. The van der Waals surface area contributed by atoms with Crippen molar-refractivity contribution in [1.82, 2.24) is 10.2 Å². The molecule has 2 rings (SSSR count). The van der Waals surface area contributed by atoms with Crippen LogP contribution in [0.1, 0.15) is 33.1 Å². The van der Waals surface area contributed by atoms with E-state index in [9.17, 15) is 4.79 Å². The number of nitriles is 1. The Morgan fingerprint density at radius 2 is 2.18 bits per heavy atom. The molecule has 2 saturated heterocycles. The zero-order chi connectivity index (χ0) is 12.4. The van der Waals surface area contributed by atoms with Crippen molar-refractivity contribution in [1.29, 1.82) is 5.26 Å². The topological polar surface area (TPSA) is 56.1 Å². The Hall–Kier alpha value is -1.08. The molecule has 0 aromatic carbocycles. The second-order valence-electron chi connectivity index (χ2n) is 5.50. The number of nitrogens with zero attached hydrogens (tertiary/aromatic N) is 2. The molecule has 3 unspecified atom stereocenters. The number of carbonyl (C=O) groups is 1. The first kappa shape index (κ1) is 12.4. The van der Waals surface area contributed by atoms with Gasteiger partial charge in [0.05, 0.1) is 6.07 Å². The Labute approximate surface area is 103 Å². The normalized spacial score (nSPS) is 30.0. The SMILES string of the molecule is CC(C)C(C#N)C(=O)NC1CCN2CCCC12. The largest absolute Gasteiger partial charge is 0.351 e. The molecule has 0 aliphatic carbocycles.